The molecule has 0 saturated carbocycles. The Labute approximate surface area is 170 Å². The van der Waals surface area contributed by atoms with Crippen LogP contribution in [0.15, 0.2) is 60.9 Å². The van der Waals surface area contributed by atoms with E-state index in [4.69, 9.17) is 10.7 Å². The second-order valence-electron chi connectivity index (χ2n) is 7.86. The third-order valence-corrected chi connectivity index (χ3v) is 5.85. The molecule has 0 amide bonds. The summed E-state index contributed by atoms with van der Waals surface area (Å²) in [6.45, 7) is 4.30. The van der Waals surface area contributed by atoms with Gasteiger partial charge in [0.05, 0.1) is 17.6 Å². The third kappa shape index (κ3) is 3.38. The number of nitrogens with one attached hydrogen (secondary N) is 1. The van der Waals surface area contributed by atoms with Crippen LogP contribution in [0.1, 0.15) is 29.9 Å². The van der Waals surface area contributed by atoms with Gasteiger partial charge in [-0.3, -0.25) is 4.40 Å². The van der Waals surface area contributed by atoms with Crippen molar-refractivity contribution in [3.05, 3.63) is 72.1 Å². The van der Waals surface area contributed by atoms with E-state index in [1.54, 1.807) is 0 Å². The Morgan fingerprint density at radius 1 is 1.03 bits per heavy atom. The van der Waals surface area contributed by atoms with E-state index in [1.165, 1.54) is 24.0 Å². The van der Waals surface area contributed by atoms with Gasteiger partial charge in [-0.25, -0.2) is 9.97 Å². The summed E-state index contributed by atoms with van der Waals surface area (Å²) in [4.78, 5) is 9.18. The monoisotopic (exact) mass is 383 g/mol. The minimum atomic E-state index is 0.443. The molecule has 0 aliphatic carbocycles. The Balaban J connectivity index is 1.54. The quantitative estimate of drug-likeness (QED) is 0.549. The molecule has 1 saturated heterocycles. The lowest BCUT2D eigenvalue weighted by Gasteiger charge is -2.23. The van der Waals surface area contributed by atoms with Crippen LogP contribution in [0.3, 0.4) is 0 Å². The number of anilines is 1. The standard InChI is InChI=1S/C24H25N5/c1-16-3-2-4-20(13-16)22-14-27-23(25)24-28-21(15-29(22)24)19-7-5-17(6-8-19)18-9-11-26-12-10-18/h2-8,13-15,18,26H,9-12H2,1H3,(H2,25,27). The number of nitrogens with zero attached hydrogens (tertiary/aromatic N) is 3. The summed E-state index contributed by atoms with van der Waals surface area (Å²) in [7, 11) is 0. The second-order valence-corrected chi connectivity index (χ2v) is 7.86. The smallest absolute Gasteiger partial charge is 0.180 e. The number of nitrogens with two attached hydrogens (primary N) is 1. The van der Waals surface area contributed by atoms with E-state index >= 15 is 0 Å². The van der Waals surface area contributed by atoms with E-state index < -0.39 is 0 Å². The number of rotatable bonds is 3. The molecule has 1 aliphatic rings. The number of fused-ring (bicyclic) bond motifs is 1. The second kappa shape index (κ2) is 7.33. The molecule has 29 heavy (non-hydrogen) atoms. The van der Waals surface area contributed by atoms with Crippen LogP contribution in [0.25, 0.3) is 28.2 Å². The van der Waals surface area contributed by atoms with Gasteiger partial charge in [-0.2, -0.15) is 0 Å². The van der Waals surface area contributed by atoms with Gasteiger partial charge in [0.1, 0.15) is 0 Å². The summed E-state index contributed by atoms with van der Waals surface area (Å²) >= 11 is 0. The summed E-state index contributed by atoms with van der Waals surface area (Å²) in [6, 6.07) is 17.2. The predicted octanol–water partition coefficient (Wildman–Crippen LogP) is 4.42. The van der Waals surface area contributed by atoms with E-state index in [1.807, 2.05) is 10.6 Å². The molecule has 0 spiro atoms. The molecule has 5 rings (SSSR count). The first kappa shape index (κ1) is 17.9. The zero-order chi connectivity index (χ0) is 19.8. The molecule has 5 heteroatoms. The Morgan fingerprint density at radius 3 is 2.59 bits per heavy atom. The zero-order valence-corrected chi connectivity index (χ0v) is 16.6. The molecule has 4 aromatic rings. The summed E-state index contributed by atoms with van der Waals surface area (Å²) in [6.07, 6.45) is 6.29. The maximum Gasteiger partial charge on any atom is 0.180 e. The number of aromatic nitrogens is 3. The van der Waals surface area contributed by atoms with Crippen molar-refractivity contribution >= 4 is 11.5 Å². The summed E-state index contributed by atoms with van der Waals surface area (Å²) < 4.78 is 2.05. The highest BCUT2D eigenvalue weighted by molar-refractivity contribution is 5.73. The topological polar surface area (TPSA) is 68.2 Å². The summed E-state index contributed by atoms with van der Waals surface area (Å²) in [5, 5.41) is 3.43. The average Bonchev–Trinajstić information content (AvgIpc) is 3.21. The lowest BCUT2D eigenvalue weighted by Crippen LogP contribution is -2.26. The van der Waals surface area contributed by atoms with Crippen molar-refractivity contribution in [1.82, 2.24) is 19.7 Å². The molecule has 1 fully saturated rings. The van der Waals surface area contributed by atoms with E-state index in [0.717, 1.165) is 35.6 Å². The van der Waals surface area contributed by atoms with Crippen molar-refractivity contribution in [2.24, 2.45) is 0 Å². The van der Waals surface area contributed by atoms with Crippen LogP contribution in [0, 0.1) is 6.92 Å². The fourth-order valence-corrected chi connectivity index (χ4v) is 4.23. The van der Waals surface area contributed by atoms with Gasteiger partial charge in [0.25, 0.3) is 0 Å². The number of benzene rings is 2. The van der Waals surface area contributed by atoms with Crippen LogP contribution in [0.5, 0.6) is 0 Å². The van der Waals surface area contributed by atoms with Gasteiger partial charge < -0.3 is 11.1 Å². The number of piperidine rings is 1. The molecule has 0 unspecified atom stereocenters. The molecule has 1 aliphatic heterocycles. The average molecular weight is 383 g/mol. The van der Waals surface area contributed by atoms with Gasteiger partial charge in [-0.05, 0) is 50.4 Å². The van der Waals surface area contributed by atoms with Gasteiger partial charge in [-0.1, -0.05) is 48.0 Å². The fourth-order valence-electron chi connectivity index (χ4n) is 4.23. The maximum atomic E-state index is 6.15. The first-order chi connectivity index (χ1) is 14.2. The molecule has 146 valence electrons. The molecule has 3 heterocycles. The minimum absolute atomic E-state index is 0.443. The lowest BCUT2D eigenvalue weighted by atomic mass is 9.89. The Bertz CT molecular complexity index is 1150. The maximum absolute atomic E-state index is 6.15. The normalized spacial score (nSPS) is 15.1. The molecule has 0 atom stereocenters. The van der Waals surface area contributed by atoms with Crippen molar-refractivity contribution < 1.29 is 0 Å². The van der Waals surface area contributed by atoms with Gasteiger partial charge in [0, 0.05) is 17.3 Å². The zero-order valence-electron chi connectivity index (χ0n) is 16.6. The number of hydrogen-bond donors (Lipinski definition) is 2. The molecule has 0 bridgehead atoms. The van der Waals surface area contributed by atoms with Crippen LogP contribution < -0.4 is 11.1 Å². The van der Waals surface area contributed by atoms with Gasteiger partial charge in [-0.15, -0.1) is 0 Å². The van der Waals surface area contributed by atoms with E-state index in [2.05, 4.69) is 72.0 Å². The predicted molar refractivity (Wildman–Crippen MR) is 118 cm³/mol. The molecule has 5 nitrogen and oxygen atoms in total. The summed E-state index contributed by atoms with van der Waals surface area (Å²) in [5.74, 6) is 1.10. The molecular weight excluding hydrogens is 358 g/mol. The lowest BCUT2D eigenvalue weighted by molar-refractivity contribution is 0.460. The highest BCUT2D eigenvalue weighted by Crippen LogP contribution is 2.30. The van der Waals surface area contributed by atoms with Crippen molar-refractivity contribution in [3.63, 3.8) is 0 Å². The first-order valence-corrected chi connectivity index (χ1v) is 10.2. The SMILES string of the molecule is Cc1cccc(-c2cnc(N)c3nc(-c4ccc(C5CCNCC5)cc4)cn23)c1. The number of imidazole rings is 1. The van der Waals surface area contributed by atoms with Crippen LogP contribution in [-0.4, -0.2) is 27.5 Å². The Kier molecular flexibility index (Phi) is 4.52. The highest BCUT2D eigenvalue weighted by atomic mass is 15.1. The van der Waals surface area contributed by atoms with Crippen LogP contribution in [0.4, 0.5) is 5.82 Å². The van der Waals surface area contributed by atoms with E-state index in [9.17, 15) is 0 Å². The largest absolute Gasteiger partial charge is 0.381 e. The third-order valence-electron chi connectivity index (χ3n) is 5.85. The molecular formula is C24H25N5. The number of nitrogen functional groups attached to an aromatic ring is 1. The minimum Gasteiger partial charge on any atom is -0.381 e. The van der Waals surface area contributed by atoms with Crippen LogP contribution >= 0.6 is 0 Å². The Hall–Kier alpha value is -3.18. The van der Waals surface area contributed by atoms with Crippen molar-refractivity contribution in [1.29, 1.82) is 0 Å². The number of aryl methyl sites for hydroxylation is 1. The first-order valence-electron chi connectivity index (χ1n) is 10.2. The molecule has 2 aromatic carbocycles. The number of hydrogen-bond acceptors (Lipinski definition) is 4. The van der Waals surface area contributed by atoms with E-state index in [0.29, 0.717) is 17.4 Å². The van der Waals surface area contributed by atoms with Gasteiger partial charge >= 0.3 is 0 Å². The highest BCUT2D eigenvalue weighted by Gasteiger charge is 2.16. The van der Waals surface area contributed by atoms with Crippen LogP contribution in [-0.2, 0) is 0 Å². The Morgan fingerprint density at radius 2 is 1.83 bits per heavy atom. The van der Waals surface area contributed by atoms with Crippen molar-refractivity contribution in [2.45, 2.75) is 25.7 Å². The van der Waals surface area contributed by atoms with Gasteiger partial charge in [0.2, 0.25) is 0 Å². The van der Waals surface area contributed by atoms with Gasteiger partial charge in [0.15, 0.2) is 11.5 Å². The summed E-state index contributed by atoms with van der Waals surface area (Å²) in [5.41, 5.74) is 13.6. The molecule has 3 N–H and O–H groups in total. The van der Waals surface area contributed by atoms with Crippen molar-refractivity contribution in [3.8, 4) is 22.5 Å². The molecule has 0 radical (unpaired) electrons. The van der Waals surface area contributed by atoms with Crippen molar-refractivity contribution in [2.75, 3.05) is 18.8 Å². The van der Waals surface area contributed by atoms with E-state index in [-0.39, 0.29) is 0 Å². The molecule has 2 aromatic heterocycles. The van der Waals surface area contributed by atoms with Crippen LogP contribution in [0.2, 0.25) is 0 Å². The fraction of sp³-hybridized carbons (Fsp3) is 0.250.